The molecule has 0 aromatic heterocycles. The third kappa shape index (κ3) is 3.30. The summed E-state index contributed by atoms with van der Waals surface area (Å²) in [6.45, 7) is 0. The first kappa shape index (κ1) is 18.4. The summed E-state index contributed by atoms with van der Waals surface area (Å²) < 4.78 is 63.0. The highest BCUT2D eigenvalue weighted by Crippen LogP contribution is 2.29. The largest absolute Gasteiger partial charge is 0.412 e. The van der Waals surface area contributed by atoms with E-state index in [4.69, 9.17) is 9.11 Å². The summed E-state index contributed by atoms with van der Waals surface area (Å²) in [4.78, 5) is -1.66. The smallest absolute Gasteiger partial charge is 0.296 e. The average molecular weight is 324 g/mol. The van der Waals surface area contributed by atoms with E-state index in [1.54, 1.807) is 12.1 Å². The molecular formula is C10H12O8S2. The highest BCUT2D eigenvalue weighted by atomic mass is 32.2. The van der Waals surface area contributed by atoms with Gasteiger partial charge in [0.1, 0.15) is 9.79 Å². The van der Waals surface area contributed by atoms with Crippen LogP contribution in [0.1, 0.15) is 0 Å². The molecular weight excluding hydrogens is 312 g/mol. The van der Waals surface area contributed by atoms with Gasteiger partial charge in [0.2, 0.25) is 0 Å². The van der Waals surface area contributed by atoms with Crippen LogP contribution in [0.15, 0.2) is 46.2 Å². The number of fused-ring (bicyclic) bond motifs is 1. The second-order valence-electron chi connectivity index (χ2n) is 3.56. The van der Waals surface area contributed by atoms with E-state index < -0.39 is 30.0 Å². The monoisotopic (exact) mass is 324 g/mol. The molecule has 0 spiro atoms. The molecule has 0 saturated carbocycles. The summed E-state index contributed by atoms with van der Waals surface area (Å²) in [6, 6.07) is 8.28. The van der Waals surface area contributed by atoms with E-state index in [1.807, 2.05) is 0 Å². The third-order valence-electron chi connectivity index (χ3n) is 2.38. The Bertz CT molecular complexity index is 823. The molecule has 0 radical (unpaired) electrons. The first-order chi connectivity index (χ1) is 8.21. The first-order valence-electron chi connectivity index (χ1n) is 4.68. The Morgan fingerprint density at radius 1 is 0.750 bits per heavy atom. The molecule has 20 heavy (non-hydrogen) atoms. The van der Waals surface area contributed by atoms with Gasteiger partial charge in [-0.1, -0.05) is 30.3 Å². The Labute approximate surface area is 114 Å². The molecule has 6 N–H and O–H groups in total. The maximum atomic E-state index is 11.3. The van der Waals surface area contributed by atoms with Gasteiger partial charge >= 0.3 is 0 Å². The van der Waals surface area contributed by atoms with E-state index in [0.29, 0.717) is 5.39 Å². The molecule has 8 nitrogen and oxygen atoms in total. The van der Waals surface area contributed by atoms with Crippen LogP contribution in [0.4, 0.5) is 0 Å². The van der Waals surface area contributed by atoms with Crippen LogP contribution < -0.4 is 0 Å². The zero-order chi connectivity index (χ0) is 13.6. The lowest BCUT2D eigenvalue weighted by molar-refractivity contribution is 0.467. The Balaban J connectivity index is 0.00000180. The molecule has 2 aromatic carbocycles. The molecule has 2 aromatic rings. The lowest BCUT2D eigenvalue weighted by atomic mass is 10.1. The molecule has 0 unspecified atom stereocenters. The van der Waals surface area contributed by atoms with Crippen LogP contribution >= 0.6 is 0 Å². The molecule has 0 aliphatic carbocycles. The minimum atomic E-state index is -4.78. The summed E-state index contributed by atoms with van der Waals surface area (Å²) in [5, 5.41) is 0.452. The standard InChI is InChI=1S/C10H8O6S2.2H2O/c11-17(12,13)9-6-5-7-3-1-2-4-8(7)10(9)18(14,15)16;;/h1-6H,(H,11,12,13)(H,14,15,16);2*1H2. The molecule has 112 valence electrons. The molecule has 10 heteroatoms. The van der Waals surface area contributed by atoms with Gasteiger partial charge in [0, 0.05) is 5.39 Å². The molecule has 2 rings (SSSR count). The van der Waals surface area contributed by atoms with Crippen LogP contribution in [0.3, 0.4) is 0 Å². The maximum Gasteiger partial charge on any atom is 0.296 e. The van der Waals surface area contributed by atoms with Crippen molar-refractivity contribution < 1.29 is 36.9 Å². The summed E-state index contributed by atoms with van der Waals surface area (Å²) in [5.74, 6) is 0. The molecule has 0 aliphatic rings. The van der Waals surface area contributed by atoms with Crippen LogP contribution in [0.5, 0.6) is 0 Å². The number of hydrogen-bond donors (Lipinski definition) is 2. The van der Waals surface area contributed by atoms with Crippen molar-refractivity contribution >= 4 is 31.0 Å². The lowest BCUT2D eigenvalue weighted by Gasteiger charge is -2.08. The predicted molar refractivity (Wildman–Crippen MR) is 70.8 cm³/mol. The second kappa shape index (κ2) is 5.83. The zero-order valence-electron chi connectivity index (χ0n) is 9.81. The topological polar surface area (TPSA) is 172 Å². The second-order valence-corrected chi connectivity index (χ2v) is 6.31. The molecule has 0 saturated heterocycles. The third-order valence-corrected chi connectivity index (χ3v) is 4.36. The van der Waals surface area contributed by atoms with Crippen LogP contribution in [0, 0.1) is 0 Å². The maximum absolute atomic E-state index is 11.3. The average Bonchev–Trinajstić information content (AvgIpc) is 2.24. The van der Waals surface area contributed by atoms with Crippen molar-refractivity contribution in [3.63, 3.8) is 0 Å². The molecule has 0 atom stereocenters. The molecule has 0 fully saturated rings. The van der Waals surface area contributed by atoms with Gasteiger partial charge in [-0.15, -0.1) is 0 Å². The molecule has 0 amide bonds. The SMILES string of the molecule is O.O.O=S(=O)(O)c1ccc2ccccc2c1S(=O)(=O)O. The summed E-state index contributed by atoms with van der Waals surface area (Å²) in [7, 11) is -9.53. The van der Waals surface area contributed by atoms with Crippen LogP contribution in [-0.2, 0) is 20.2 Å². The lowest BCUT2D eigenvalue weighted by Crippen LogP contribution is -2.09. The van der Waals surface area contributed by atoms with E-state index in [-0.39, 0.29) is 16.3 Å². The summed E-state index contributed by atoms with van der Waals surface area (Å²) >= 11 is 0. The molecule has 0 aliphatic heterocycles. The van der Waals surface area contributed by atoms with Crippen LogP contribution in [0.2, 0.25) is 0 Å². The van der Waals surface area contributed by atoms with Gasteiger partial charge < -0.3 is 11.0 Å². The van der Waals surface area contributed by atoms with E-state index in [9.17, 15) is 16.8 Å². The minimum absolute atomic E-state index is 0. The Kier molecular flexibility index (Phi) is 5.37. The Morgan fingerprint density at radius 3 is 1.80 bits per heavy atom. The predicted octanol–water partition coefficient (Wildman–Crippen LogP) is -0.316. The fraction of sp³-hybridized carbons (Fsp3) is 0. The normalized spacial score (nSPS) is 11.5. The van der Waals surface area contributed by atoms with Gasteiger partial charge in [-0.2, -0.15) is 16.8 Å². The highest BCUT2D eigenvalue weighted by Gasteiger charge is 2.26. The van der Waals surface area contributed by atoms with E-state index in [0.717, 1.165) is 6.07 Å². The zero-order valence-corrected chi connectivity index (χ0v) is 11.4. The number of rotatable bonds is 2. The van der Waals surface area contributed by atoms with Crippen molar-refractivity contribution in [1.29, 1.82) is 0 Å². The Hall–Kier alpha value is -1.56. The molecule has 0 bridgehead atoms. The summed E-state index contributed by atoms with van der Waals surface area (Å²) in [5.41, 5.74) is 0. The minimum Gasteiger partial charge on any atom is -0.412 e. The van der Waals surface area contributed by atoms with Gasteiger partial charge in [-0.25, -0.2) is 0 Å². The first-order valence-corrected chi connectivity index (χ1v) is 7.56. The van der Waals surface area contributed by atoms with Gasteiger partial charge in [0.15, 0.2) is 0 Å². The highest BCUT2D eigenvalue weighted by molar-refractivity contribution is 7.89. The van der Waals surface area contributed by atoms with Gasteiger partial charge in [0.25, 0.3) is 20.2 Å². The molecule has 0 heterocycles. The number of hydrogen-bond acceptors (Lipinski definition) is 4. The fourth-order valence-corrected chi connectivity index (χ4v) is 3.69. The Morgan fingerprint density at radius 2 is 1.30 bits per heavy atom. The van der Waals surface area contributed by atoms with E-state index >= 15 is 0 Å². The van der Waals surface area contributed by atoms with Crippen LogP contribution in [0.25, 0.3) is 10.8 Å². The van der Waals surface area contributed by atoms with Crippen molar-refractivity contribution in [2.24, 2.45) is 0 Å². The van der Waals surface area contributed by atoms with Crippen molar-refractivity contribution in [1.82, 2.24) is 0 Å². The number of benzene rings is 2. The summed E-state index contributed by atoms with van der Waals surface area (Å²) in [6.07, 6.45) is 0. The van der Waals surface area contributed by atoms with Gasteiger partial charge in [-0.3, -0.25) is 9.11 Å². The van der Waals surface area contributed by atoms with Crippen molar-refractivity contribution in [3.05, 3.63) is 36.4 Å². The van der Waals surface area contributed by atoms with Crippen molar-refractivity contribution in [2.75, 3.05) is 0 Å². The van der Waals surface area contributed by atoms with Crippen LogP contribution in [-0.4, -0.2) is 36.9 Å². The fourth-order valence-electron chi connectivity index (χ4n) is 1.69. The quantitative estimate of drug-likeness (QED) is 0.716. The van der Waals surface area contributed by atoms with E-state index in [1.165, 1.54) is 18.2 Å². The van der Waals surface area contributed by atoms with Gasteiger partial charge in [0.05, 0.1) is 0 Å². The van der Waals surface area contributed by atoms with E-state index in [2.05, 4.69) is 0 Å². The van der Waals surface area contributed by atoms with Crippen molar-refractivity contribution in [2.45, 2.75) is 9.79 Å². The van der Waals surface area contributed by atoms with Crippen molar-refractivity contribution in [3.8, 4) is 0 Å². The van der Waals surface area contributed by atoms with Gasteiger partial charge in [-0.05, 0) is 11.5 Å².